The van der Waals surface area contributed by atoms with E-state index in [-0.39, 0.29) is 18.8 Å². The number of aromatic amines is 1. The molecular formula is C23H28N2O9. The Bertz CT molecular complexity index is 1120. The molecule has 2 aromatic rings. The lowest BCUT2D eigenvalue weighted by atomic mass is 9.94. The summed E-state index contributed by atoms with van der Waals surface area (Å²) in [6, 6.07) is 7.05. The van der Waals surface area contributed by atoms with Gasteiger partial charge in [-0.3, -0.25) is 23.9 Å². The van der Waals surface area contributed by atoms with Gasteiger partial charge in [-0.25, -0.2) is 4.79 Å². The van der Waals surface area contributed by atoms with Crippen molar-refractivity contribution in [2.24, 2.45) is 5.92 Å². The minimum atomic E-state index is -1.03. The van der Waals surface area contributed by atoms with E-state index >= 15 is 0 Å². The third-order valence-electron chi connectivity index (χ3n) is 5.45. The molecule has 1 aliphatic heterocycles. The number of esters is 2. The van der Waals surface area contributed by atoms with Gasteiger partial charge in [0.25, 0.3) is 5.56 Å². The minimum Gasteiger partial charge on any atom is -0.497 e. The lowest BCUT2D eigenvalue weighted by Crippen LogP contribution is -2.39. The van der Waals surface area contributed by atoms with E-state index in [1.165, 1.54) is 24.6 Å². The first-order valence-corrected chi connectivity index (χ1v) is 10.7. The molecule has 0 bridgehead atoms. The minimum absolute atomic E-state index is 0.103. The van der Waals surface area contributed by atoms with Gasteiger partial charge in [-0.05, 0) is 37.6 Å². The number of H-pyrrole nitrogens is 1. The fourth-order valence-electron chi connectivity index (χ4n) is 3.81. The summed E-state index contributed by atoms with van der Waals surface area (Å²) in [4.78, 5) is 49.9. The largest absolute Gasteiger partial charge is 0.497 e. The number of hydrogen-bond donors (Lipinski definition) is 1. The number of methoxy groups -OCH3 is 1. The van der Waals surface area contributed by atoms with Crippen LogP contribution in [0.25, 0.3) is 0 Å². The van der Waals surface area contributed by atoms with Gasteiger partial charge in [0.2, 0.25) is 0 Å². The van der Waals surface area contributed by atoms with E-state index in [2.05, 4.69) is 4.98 Å². The van der Waals surface area contributed by atoms with Gasteiger partial charge >= 0.3 is 17.6 Å². The topological polar surface area (TPSA) is 135 Å². The molecule has 0 saturated carbocycles. The third kappa shape index (κ3) is 6.04. The van der Waals surface area contributed by atoms with Crippen molar-refractivity contribution in [3.05, 3.63) is 56.9 Å². The van der Waals surface area contributed by atoms with Crippen molar-refractivity contribution in [1.82, 2.24) is 9.55 Å². The number of carbonyl (C=O) groups is 2. The number of aromatic nitrogens is 2. The Balaban J connectivity index is 1.85. The summed E-state index contributed by atoms with van der Waals surface area (Å²) in [6.07, 6.45) is -0.888. The van der Waals surface area contributed by atoms with Gasteiger partial charge in [0.15, 0.2) is 12.3 Å². The van der Waals surface area contributed by atoms with E-state index in [1.54, 1.807) is 38.3 Å². The molecule has 1 aromatic heterocycles. The summed E-state index contributed by atoms with van der Waals surface area (Å²) in [5, 5.41) is 0. The Morgan fingerprint density at radius 3 is 2.38 bits per heavy atom. The zero-order valence-corrected chi connectivity index (χ0v) is 19.4. The van der Waals surface area contributed by atoms with Crippen LogP contribution >= 0.6 is 0 Å². The highest BCUT2D eigenvalue weighted by molar-refractivity contribution is 5.66. The predicted octanol–water partition coefficient (Wildman–Crippen LogP) is 1.33. The molecule has 1 saturated heterocycles. The molecule has 1 N–H and O–H groups in total. The smallest absolute Gasteiger partial charge is 0.330 e. The molecule has 184 valence electrons. The summed E-state index contributed by atoms with van der Waals surface area (Å²) in [5.74, 6) is -0.226. The third-order valence-corrected chi connectivity index (χ3v) is 5.45. The van der Waals surface area contributed by atoms with Gasteiger partial charge in [0.05, 0.1) is 13.7 Å². The van der Waals surface area contributed by atoms with Crippen LogP contribution in [0.1, 0.15) is 32.1 Å². The quantitative estimate of drug-likeness (QED) is 0.532. The molecule has 0 spiro atoms. The van der Waals surface area contributed by atoms with Crippen molar-refractivity contribution in [2.75, 3.05) is 20.3 Å². The Morgan fingerprint density at radius 2 is 1.76 bits per heavy atom. The number of benzene rings is 1. The second-order valence-corrected chi connectivity index (χ2v) is 7.90. The van der Waals surface area contributed by atoms with E-state index in [9.17, 15) is 19.2 Å². The summed E-state index contributed by atoms with van der Waals surface area (Å²) in [7, 11) is 1.57. The fourth-order valence-corrected chi connectivity index (χ4v) is 3.81. The van der Waals surface area contributed by atoms with Crippen molar-refractivity contribution in [1.29, 1.82) is 0 Å². The fraction of sp³-hybridized carbons (Fsp3) is 0.478. The molecule has 4 atom stereocenters. The number of rotatable bonds is 9. The van der Waals surface area contributed by atoms with Crippen LogP contribution in [0.4, 0.5) is 0 Å². The maximum absolute atomic E-state index is 12.5. The SMILES string of the molecule is COc1ccc(OCC[C@H]2[C@@H](OC(C)=O)[C@H](n3cc(C)c(=O)[nH]c3=O)O[C@@H]2COC(C)=O)cc1. The summed E-state index contributed by atoms with van der Waals surface area (Å²) < 4.78 is 28.9. The zero-order valence-electron chi connectivity index (χ0n) is 19.4. The van der Waals surface area contributed by atoms with Gasteiger partial charge in [0.1, 0.15) is 24.2 Å². The Hall–Kier alpha value is -3.60. The van der Waals surface area contributed by atoms with Crippen molar-refractivity contribution < 1.29 is 33.3 Å². The van der Waals surface area contributed by atoms with Crippen LogP contribution in [0.15, 0.2) is 40.1 Å². The van der Waals surface area contributed by atoms with Gasteiger partial charge in [-0.15, -0.1) is 0 Å². The molecule has 11 nitrogen and oxygen atoms in total. The highest BCUT2D eigenvalue weighted by Crippen LogP contribution is 2.38. The average molecular weight is 476 g/mol. The molecule has 0 unspecified atom stereocenters. The van der Waals surface area contributed by atoms with Crippen molar-refractivity contribution >= 4 is 11.9 Å². The van der Waals surface area contributed by atoms with Gasteiger partial charge < -0.3 is 23.7 Å². The molecule has 11 heteroatoms. The normalized spacial score (nSPS) is 21.6. The molecule has 1 aliphatic rings. The molecule has 1 aromatic carbocycles. The molecule has 34 heavy (non-hydrogen) atoms. The zero-order chi connectivity index (χ0) is 24.8. The van der Waals surface area contributed by atoms with Crippen LogP contribution in [0, 0.1) is 12.8 Å². The van der Waals surface area contributed by atoms with Crippen molar-refractivity contribution in [3.63, 3.8) is 0 Å². The molecular weight excluding hydrogens is 448 g/mol. The second-order valence-electron chi connectivity index (χ2n) is 7.90. The maximum atomic E-state index is 12.5. The van der Waals surface area contributed by atoms with Crippen LogP contribution in [0.3, 0.4) is 0 Å². The van der Waals surface area contributed by atoms with Crippen LogP contribution in [0.2, 0.25) is 0 Å². The van der Waals surface area contributed by atoms with E-state index < -0.39 is 47.5 Å². The Labute approximate surface area is 195 Å². The molecule has 3 rings (SSSR count). The van der Waals surface area contributed by atoms with Gasteiger partial charge in [-0.2, -0.15) is 0 Å². The molecule has 0 aliphatic carbocycles. The lowest BCUT2D eigenvalue weighted by molar-refractivity contribution is -0.154. The maximum Gasteiger partial charge on any atom is 0.330 e. The highest BCUT2D eigenvalue weighted by Gasteiger charge is 2.48. The molecule has 0 radical (unpaired) electrons. The number of carbonyl (C=O) groups excluding carboxylic acids is 2. The van der Waals surface area contributed by atoms with Crippen molar-refractivity contribution in [2.45, 2.75) is 45.6 Å². The average Bonchev–Trinajstić information content (AvgIpc) is 3.11. The van der Waals surface area contributed by atoms with E-state index in [0.717, 1.165) is 0 Å². The van der Waals surface area contributed by atoms with Crippen LogP contribution in [-0.4, -0.2) is 54.0 Å². The molecule has 0 amide bonds. The first-order valence-electron chi connectivity index (χ1n) is 10.7. The van der Waals surface area contributed by atoms with Crippen LogP contribution in [0.5, 0.6) is 11.5 Å². The van der Waals surface area contributed by atoms with E-state index in [4.69, 9.17) is 23.7 Å². The molecule has 2 heterocycles. The monoisotopic (exact) mass is 476 g/mol. The summed E-state index contributed by atoms with van der Waals surface area (Å²) >= 11 is 0. The lowest BCUT2D eigenvalue weighted by Gasteiger charge is -2.24. The first kappa shape index (κ1) is 25.0. The van der Waals surface area contributed by atoms with Crippen molar-refractivity contribution in [3.8, 4) is 11.5 Å². The standard InChI is InChI=1S/C23H28N2O9/c1-13-11-25(23(29)24-21(13)28)22-20(33-15(3)27)18(19(34-22)12-32-14(2)26)9-10-31-17-7-5-16(30-4)6-8-17/h5-8,11,18-20,22H,9-10,12H2,1-4H3,(H,24,28,29)/t18-,19-,20-,22-/m1/s1. The Morgan fingerprint density at radius 1 is 1.09 bits per heavy atom. The number of ether oxygens (including phenoxy) is 5. The van der Waals surface area contributed by atoms with E-state index in [1.807, 2.05) is 0 Å². The summed E-state index contributed by atoms with van der Waals surface area (Å²) in [5.41, 5.74) is -0.948. The highest BCUT2D eigenvalue weighted by atomic mass is 16.6. The Kier molecular flexibility index (Phi) is 8.11. The van der Waals surface area contributed by atoms with Crippen LogP contribution < -0.4 is 20.7 Å². The number of aryl methyl sites for hydroxylation is 1. The first-order chi connectivity index (χ1) is 16.2. The summed E-state index contributed by atoms with van der Waals surface area (Å²) in [6.45, 7) is 4.20. The van der Waals surface area contributed by atoms with Gasteiger partial charge in [-0.1, -0.05) is 0 Å². The molecule has 1 fully saturated rings. The number of nitrogens with zero attached hydrogens (tertiary/aromatic N) is 1. The predicted molar refractivity (Wildman–Crippen MR) is 119 cm³/mol. The van der Waals surface area contributed by atoms with Crippen LogP contribution in [-0.2, 0) is 23.8 Å². The number of hydrogen-bond acceptors (Lipinski definition) is 9. The van der Waals surface area contributed by atoms with Gasteiger partial charge in [0, 0.05) is 31.5 Å². The van der Waals surface area contributed by atoms with E-state index in [0.29, 0.717) is 17.9 Å². The second kappa shape index (κ2) is 11.0. The number of nitrogens with one attached hydrogen (secondary N) is 1.